The quantitative estimate of drug-likeness (QED) is 0.856. The van der Waals surface area contributed by atoms with Gasteiger partial charge >= 0.3 is 6.09 Å². The number of amides is 1. The molecule has 0 N–H and O–H groups in total. The van der Waals surface area contributed by atoms with Gasteiger partial charge in [-0.25, -0.2) is 4.79 Å². The van der Waals surface area contributed by atoms with Crippen molar-refractivity contribution < 1.29 is 14.3 Å². The predicted molar refractivity (Wildman–Crippen MR) is 83.2 cm³/mol. The molecule has 2 atom stereocenters. The molecular formula is C18H20N2O3. The van der Waals surface area contributed by atoms with Crippen LogP contribution in [0.3, 0.4) is 0 Å². The fourth-order valence-electron chi connectivity index (χ4n) is 3.75. The van der Waals surface area contributed by atoms with Crippen molar-refractivity contribution in [2.75, 3.05) is 0 Å². The number of ketones is 1. The third-order valence-electron chi connectivity index (χ3n) is 4.86. The molecule has 1 amide bonds. The summed E-state index contributed by atoms with van der Waals surface area (Å²) in [6.07, 6.45) is 2.85. The molecule has 0 aromatic heterocycles. The third kappa shape index (κ3) is 3.37. The molecular weight excluding hydrogens is 292 g/mol. The van der Waals surface area contributed by atoms with Crippen LogP contribution in [0.25, 0.3) is 0 Å². The maximum Gasteiger partial charge on any atom is 0.410 e. The van der Waals surface area contributed by atoms with E-state index in [-0.39, 0.29) is 42.9 Å². The number of fused-ring (bicyclic) bond motifs is 2. The Bertz CT molecular complexity index is 609. The summed E-state index contributed by atoms with van der Waals surface area (Å²) in [7, 11) is 0. The topological polar surface area (TPSA) is 70.4 Å². The van der Waals surface area contributed by atoms with Gasteiger partial charge in [0.2, 0.25) is 0 Å². The van der Waals surface area contributed by atoms with Gasteiger partial charge in [-0.05, 0) is 31.2 Å². The molecule has 5 nitrogen and oxygen atoms in total. The van der Waals surface area contributed by atoms with Crippen molar-refractivity contribution in [1.82, 2.24) is 4.90 Å². The van der Waals surface area contributed by atoms with Gasteiger partial charge in [0.25, 0.3) is 0 Å². The number of rotatable bonds is 4. The lowest BCUT2D eigenvalue weighted by Crippen LogP contribution is -2.48. The second-order valence-electron chi connectivity index (χ2n) is 6.30. The second-order valence-corrected chi connectivity index (χ2v) is 6.30. The zero-order valence-electron chi connectivity index (χ0n) is 13.0. The van der Waals surface area contributed by atoms with Crippen molar-refractivity contribution in [3.63, 3.8) is 0 Å². The number of ether oxygens (including phenoxy) is 1. The smallest absolute Gasteiger partial charge is 0.410 e. The van der Waals surface area contributed by atoms with Gasteiger partial charge in [-0.2, -0.15) is 5.26 Å². The number of carbonyl (C=O) groups is 2. The molecule has 1 aromatic carbocycles. The molecule has 2 aliphatic heterocycles. The predicted octanol–water partition coefficient (Wildman–Crippen LogP) is 3.05. The van der Waals surface area contributed by atoms with E-state index in [1.807, 2.05) is 41.3 Å². The van der Waals surface area contributed by atoms with Crippen LogP contribution in [0.1, 0.15) is 37.7 Å². The summed E-state index contributed by atoms with van der Waals surface area (Å²) < 4.78 is 5.44. The first-order chi connectivity index (χ1) is 11.2. The zero-order valence-corrected chi connectivity index (χ0v) is 13.0. The number of piperidine rings is 1. The van der Waals surface area contributed by atoms with Crippen LogP contribution >= 0.6 is 0 Å². The van der Waals surface area contributed by atoms with Gasteiger partial charge in [-0.3, -0.25) is 4.79 Å². The number of carbonyl (C=O) groups excluding carboxylic acids is 2. The Hall–Kier alpha value is -2.35. The highest BCUT2D eigenvalue weighted by Crippen LogP contribution is 2.39. The van der Waals surface area contributed by atoms with Gasteiger partial charge in [0.1, 0.15) is 12.4 Å². The SMILES string of the molecule is N#CCC(=O)C1CC2CCC(C1)N2C(=O)OCc1ccccc1. The number of nitriles is 1. The lowest BCUT2D eigenvalue weighted by molar-refractivity contribution is -0.124. The van der Waals surface area contributed by atoms with E-state index < -0.39 is 0 Å². The number of hydrogen-bond donors (Lipinski definition) is 0. The van der Waals surface area contributed by atoms with E-state index >= 15 is 0 Å². The molecule has 0 saturated carbocycles. The van der Waals surface area contributed by atoms with Gasteiger partial charge in [0.15, 0.2) is 0 Å². The van der Waals surface area contributed by atoms with E-state index in [1.54, 1.807) is 0 Å². The van der Waals surface area contributed by atoms with Crippen LogP contribution in [0.2, 0.25) is 0 Å². The minimum atomic E-state index is -0.285. The Labute approximate surface area is 135 Å². The first-order valence-electron chi connectivity index (χ1n) is 8.07. The lowest BCUT2D eigenvalue weighted by Gasteiger charge is -2.37. The van der Waals surface area contributed by atoms with Crippen molar-refractivity contribution in [2.24, 2.45) is 5.92 Å². The van der Waals surface area contributed by atoms with Crippen LogP contribution in [-0.4, -0.2) is 28.9 Å². The van der Waals surface area contributed by atoms with Crippen LogP contribution in [0.4, 0.5) is 4.79 Å². The molecule has 120 valence electrons. The molecule has 2 saturated heterocycles. The molecule has 2 fully saturated rings. The summed E-state index contributed by atoms with van der Waals surface area (Å²) >= 11 is 0. The highest BCUT2D eigenvalue weighted by molar-refractivity contribution is 5.83. The highest BCUT2D eigenvalue weighted by Gasteiger charge is 2.45. The Kier molecular flexibility index (Phi) is 4.61. The van der Waals surface area contributed by atoms with Gasteiger partial charge in [0, 0.05) is 18.0 Å². The molecule has 2 unspecified atom stereocenters. The van der Waals surface area contributed by atoms with Crippen LogP contribution in [0, 0.1) is 17.2 Å². The Morgan fingerprint density at radius 2 is 1.83 bits per heavy atom. The average molecular weight is 312 g/mol. The molecule has 0 aliphatic carbocycles. The molecule has 5 heteroatoms. The van der Waals surface area contributed by atoms with Crippen LogP contribution in [-0.2, 0) is 16.1 Å². The number of benzene rings is 1. The zero-order chi connectivity index (χ0) is 16.2. The first kappa shape index (κ1) is 15.5. The fraction of sp³-hybridized carbons (Fsp3) is 0.500. The van der Waals surface area contributed by atoms with Gasteiger partial charge in [-0.1, -0.05) is 30.3 Å². The Morgan fingerprint density at radius 1 is 1.17 bits per heavy atom. The summed E-state index contributed by atoms with van der Waals surface area (Å²) in [4.78, 5) is 26.2. The Balaban J connectivity index is 1.58. The van der Waals surface area contributed by atoms with Crippen LogP contribution < -0.4 is 0 Å². The lowest BCUT2D eigenvalue weighted by atomic mass is 9.86. The molecule has 0 radical (unpaired) electrons. The van der Waals surface area contributed by atoms with Crippen molar-refractivity contribution in [2.45, 2.75) is 50.8 Å². The van der Waals surface area contributed by atoms with Gasteiger partial charge in [0.05, 0.1) is 12.5 Å². The Morgan fingerprint density at radius 3 is 2.43 bits per heavy atom. The van der Waals surface area contributed by atoms with E-state index in [9.17, 15) is 9.59 Å². The molecule has 2 aliphatic rings. The minimum Gasteiger partial charge on any atom is -0.445 e. The number of Topliss-reactive ketones (excluding diaryl/α,β-unsaturated/α-hetero) is 1. The summed E-state index contributed by atoms with van der Waals surface area (Å²) in [6.45, 7) is 0.270. The van der Waals surface area contributed by atoms with Crippen molar-refractivity contribution >= 4 is 11.9 Å². The van der Waals surface area contributed by atoms with E-state index in [2.05, 4.69) is 0 Å². The maximum atomic E-state index is 12.4. The summed E-state index contributed by atoms with van der Waals surface area (Å²) in [5.41, 5.74) is 0.965. The standard InChI is InChI=1S/C18H20N2O3/c19-9-8-17(21)14-10-15-6-7-16(11-14)20(15)18(22)23-12-13-4-2-1-3-5-13/h1-5,14-16H,6-8,10-12H2. The molecule has 2 heterocycles. The maximum absolute atomic E-state index is 12.4. The summed E-state index contributed by atoms with van der Waals surface area (Å²) in [5.74, 6) is -0.0629. The first-order valence-corrected chi connectivity index (χ1v) is 8.07. The number of hydrogen-bond acceptors (Lipinski definition) is 4. The largest absolute Gasteiger partial charge is 0.445 e. The van der Waals surface area contributed by atoms with E-state index in [4.69, 9.17) is 10.00 Å². The molecule has 2 bridgehead atoms. The normalized spacial score (nSPS) is 25.7. The van der Waals surface area contributed by atoms with E-state index in [0.717, 1.165) is 18.4 Å². The monoisotopic (exact) mass is 312 g/mol. The average Bonchev–Trinajstić information content (AvgIpc) is 2.83. The van der Waals surface area contributed by atoms with E-state index in [0.29, 0.717) is 12.8 Å². The second kappa shape index (κ2) is 6.82. The van der Waals surface area contributed by atoms with Gasteiger partial charge < -0.3 is 9.64 Å². The van der Waals surface area contributed by atoms with Crippen molar-refractivity contribution in [3.05, 3.63) is 35.9 Å². The highest BCUT2D eigenvalue weighted by atomic mass is 16.6. The minimum absolute atomic E-state index is 0.0155. The van der Waals surface area contributed by atoms with Crippen LogP contribution in [0.5, 0.6) is 0 Å². The molecule has 23 heavy (non-hydrogen) atoms. The summed E-state index contributed by atoms with van der Waals surface area (Å²) in [6, 6.07) is 11.7. The third-order valence-corrected chi connectivity index (χ3v) is 4.86. The molecule has 3 rings (SSSR count). The number of nitrogens with zero attached hydrogens (tertiary/aromatic N) is 2. The van der Waals surface area contributed by atoms with Crippen molar-refractivity contribution in [3.8, 4) is 6.07 Å². The van der Waals surface area contributed by atoms with E-state index in [1.165, 1.54) is 0 Å². The van der Waals surface area contributed by atoms with Crippen LogP contribution in [0.15, 0.2) is 30.3 Å². The molecule has 0 spiro atoms. The molecule has 1 aromatic rings. The summed E-state index contributed by atoms with van der Waals surface area (Å²) in [5, 5.41) is 8.68. The van der Waals surface area contributed by atoms with Gasteiger partial charge in [-0.15, -0.1) is 0 Å². The van der Waals surface area contributed by atoms with Crippen molar-refractivity contribution in [1.29, 1.82) is 5.26 Å². The fourth-order valence-corrected chi connectivity index (χ4v) is 3.75.